The number of fused-ring (bicyclic) bond motifs is 1. The maximum absolute atomic E-state index is 11.5. The average Bonchev–Trinajstić information content (AvgIpc) is 2.79. The summed E-state index contributed by atoms with van der Waals surface area (Å²) >= 11 is 0. The van der Waals surface area contributed by atoms with E-state index in [2.05, 4.69) is 17.2 Å². The van der Waals surface area contributed by atoms with Gasteiger partial charge in [0.25, 0.3) is 5.69 Å². The molecule has 104 valence electrons. The summed E-state index contributed by atoms with van der Waals surface area (Å²) in [6, 6.07) is 1.84. The van der Waals surface area contributed by atoms with Gasteiger partial charge in [-0.1, -0.05) is 13.0 Å². The molecule has 6 nitrogen and oxygen atoms in total. The number of allylic oxidation sites excluding steroid dienone is 1. The van der Waals surface area contributed by atoms with E-state index in [0.29, 0.717) is 12.0 Å². The molecule has 1 amide bonds. The number of nitrogens with zero attached hydrogens (tertiary/aromatic N) is 2. The van der Waals surface area contributed by atoms with E-state index in [1.807, 2.05) is 6.08 Å². The zero-order chi connectivity index (χ0) is 14.3. The summed E-state index contributed by atoms with van der Waals surface area (Å²) in [6.07, 6.45) is 6.07. The molecule has 0 saturated carbocycles. The van der Waals surface area contributed by atoms with E-state index >= 15 is 0 Å². The Bertz CT molecular complexity index is 611. The third kappa shape index (κ3) is 2.07. The summed E-state index contributed by atoms with van der Waals surface area (Å²) < 4.78 is 0. The third-order valence-corrected chi connectivity index (χ3v) is 4.12. The van der Waals surface area contributed by atoms with Crippen LogP contribution in [0.25, 0.3) is 5.57 Å². The van der Waals surface area contributed by atoms with Crippen molar-refractivity contribution < 1.29 is 9.72 Å². The molecule has 1 aliphatic heterocycles. The lowest BCUT2D eigenvalue weighted by atomic mass is 9.78. The Hall–Kier alpha value is -2.24. The first-order chi connectivity index (χ1) is 9.56. The fourth-order valence-electron chi connectivity index (χ4n) is 3.22. The number of nitro groups is 1. The van der Waals surface area contributed by atoms with Gasteiger partial charge < -0.3 is 5.32 Å². The monoisotopic (exact) mass is 273 g/mol. The minimum absolute atomic E-state index is 0.0293. The highest BCUT2D eigenvalue weighted by Gasteiger charge is 2.38. The predicted octanol–water partition coefficient (Wildman–Crippen LogP) is 1.92. The fraction of sp³-hybridized carbons (Fsp3) is 0.429. The van der Waals surface area contributed by atoms with Crippen molar-refractivity contribution in [1.29, 1.82) is 0 Å². The van der Waals surface area contributed by atoms with Gasteiger partial charge in [0, 0.05) is 24.6 Å². The molecule has 3 rings (SSSR count). The van der Waals surface area contributed by atoms with Crippen molar-refractivity contribution >= 4 is 17.2 Å². The van der Waals surface area contributed by atoms with Crippen molar-refractivity contribution in [3.05, 3.63) is 40.2 Å². The maximum Gasteiger partial charge on any atom is 0.294 e. The highest BCUT2D eigenvalue weighted by atomic mass is 16.6. The minimum atomic E-state index is -0.405. The molecule has 3 atom stereocenters. The Balaban J connectivity index is 2.01. The third-order valence-electron chi connectivity index (χ3n) is 4.12. The number of carbonyl (C=O) groups excluding carboxylic acids is 1. The summed E-state index contributed by atoms with van der Waals surface area (Å²) in [6.45, 7) is 2.07. The first-order valence-electron chi connectivity index (χ1n) is 6.65. The number of pyridine rings is 1. The van der Waals surface area contributed by atoms with Crippen LogP contribution in [-0.4, -0.2) is 21.9 Å². The van der Waals surface area contributed by atoms with Gasteiger partial charge in [-0.3, -0.25) is 19.9 Å². The zero-order valence-electron chi connectivity index (χ0n) is 11.1. The SMILES string of the molecule is CC1CC(c2ccncc2[N+](=O)[O-])=CC2CC(=O)NC12. The van der Waals surface area contributed by atoms with Crippen LogP contribution in [0.15, 0.2) is 24.5 Å². The van der Waals surface area contributed by atoms with Crippen molar-refractivity contribution in [2.24, 2.45) is 11.8 Å². The fourth-order valence-corrected chi connectivity index (χ4v) is 3.22. The van der Waals surface area contributed by atoms with Crippen LogP contribution in [0.4, 0.5) is 5.69 Å². The number of hydrogen-bond donors (Lipinski definition) is 1. The quantitative estimate of drug-likeness (QED) is 0.659. The average molecular weight is 273 g/mol. The molecule has 0 radical (unpaired) electrons. The lowest BCUT2D eigenvalue weighted by Gasteiger charge is -2.30. The van der Waals surface area contributed by atoms with Gasteiger partial charge in [0.1, 0.15) is 6.20 Å². The Kier molecular flexibility index (Phi) is 3.00. The van der Waals surface area contributed by atoms with Crippen LogP contribution >= 0.6 is 0 Å². The van der Waals surface area contributed by atoms with Crippen LogP contribution in [0, 0.1) is 22.0 Å². The largest absolute Gasteiger partial charge is 0.352 e. The van der Waals surface area contributed by atoms with E-state index in [0.717, 1.165) is 12.0 Å². The van der Waals surface area contributed by atoms with Gasteiger partial charge in [0.2, 0.25) is 5.91 Å². The Morgan fingerprint density at radius 3 is 3.00 bits per heavy atom. The van der Waals surface area contributed by atoms with Crippen LogP contribution in [-0.2, 0) is 4.79 Å². The lowest BCUT2D eigenvalue weighted by Crippen LogP contribution is -2.36. The summed E-state index contributed by atoms with van der Waals surface area (Å²) in [5.41, 5.74) is 1.60. The van der Waals surface area contributed by atoms with Gasteiger partial charge in [-0.2, -0.15) is 0 Å². The summed E-state index contributed by atoms with van der Waals surface area (Å²) in [5, 5.41) is 14.1. The Morgan fingerprint density at radius 1 is 1.45 bits per heavy atom. The predicted molar refractivity (Wildman–Crippen MR) is 72.7 cm³/mol. The molecule has 0 bridgehead atoms. The molecule has 6 heteroatoms. The van der Waals surface area contributed by atoms with Crippen molar-refractivity contribution in [3.63, 3.8) is 0 Å². The normalized spacial score (nSPS) is 28.6. The molecule has 1 aromatic rings. The molecule has 1 aliphatic carbocycles. The first kappa shape index (κ1) is 12.8. The number of hydrogen-bond acceptors (Lipinski definition) is 4. The van der Waals surface area contributed by atoms with Crippen LogP contribution in [0.1, 0.15) is 25.3 Å². The van der Waals surface area contributed by atoms with Crippen molar-refractivity contribution in [1.82, 2.24) is 10.3 Å². The van der Waals surface area contributed by atoms with Crippen molar-refractivity contribution in [2.75, 3.05) is 0 Å². The zero-order valence-corrected chi connectivity index (χ0v) is 11.1. The van der Waals surface area contributed by atoms with Gasteiger partial charge in [-0.25, -0.2) is 0 Å². The van der Waals surface area contributed by atoms with E-state index < -0.39 is 4.92 Å². The van der Waals surface area contributed by atoms with E-state index in [-0.39, 0.29) is 29.5 Å². The second-order valence-corrected chi connectivity index (χ2v) is 5.48. The van der Waals surface area contributed by atoms with Crippen LogP contribution in [0.3, 0.4) is 0 Å². The maximum atomic E-state index is 11.5. The molecule has 3 unspecified atom stereocenters. The van der Waals surface area contributed by atoms with E-state index in [4.69, 9.17) is 0 Å². The molecule has 1 N–H and O–H groups in total. The van der Waals surface area contributed by atoms with Gasteiger partial charge in [0.05, 0.1) is 10.5 Å². The summed E-state index contributed by atoms with van der Waals surface area (Å²) in [4.78, 5) is 26.0. The van der Waals surface area contributed by atoms with Crippen LogP contribution in [0.5, 0.6) is 0 Å². The number of nitrogens with one attached hydrogen (secondary N) is 1. The summed E-state index contributed by atoms with van der Waals surface area (Å²) in [7, 11) is 0. The molecule has 1 aromatic heterocycles. The molecular weight excluding hydrogens is 258 g/mol. The first-order valence-corrected chi connectivity index (χ1v) is 6.65. The number of carbonyl (C=O) groups is 1. The molecule has 20 heavy (non-hydrogen) atoms. The Morgan fingerprint density at radius 2 is 2.25 bits per heavy atom. The van der Waals surface area contributed by atoms with Crippen molar-refractivity contribution in [3.8, 4) is 0 Å². The lowest BCUT2D eigenvalue weighted by molar-refractivity contribution is -0.385. The topological polar surface area (TPSA) is 85.1 Å². The van der Waals surface area contributed by atoms with Gasteiger partial charge in [-0.15, -0.1) is 0 Å². The van der Waals surface area contributed by atoms with Gasteiger partial charge >= 0.3 is 0 Å². The van der Waals surface area contributed by atoms with E-state index in [1.54, 1.807) is 12.3 Å². The van der Waals surface area contributed by atoms with Gasteiger partial charge in [-0.05, 0) is 24.0 Å². The smallest absolute Gasteiger partial charge is 0.294 e. The van der Waals surface area contributed by atoms with Crippen molar-refractivity contribution in [2.45, 2.75) is 25.8 Å². The second kappa shape index (κ2) is 4.70. The molecule has 1 fully saturated rings. The number of aromatic nitrogens is 1. The molecular formula is C14H15N3O3. The highest BCUT2D eigenvalue weighted by molar-refractivity contribution is 5.82. The van der Waals surface area contributed by atoms with Crippen LogP contribution in [0.2, 0.25) is 0 Å². The highest BCUT2D eigenvalue weighted by Crippen LogP contribution is 2.40. The summed E-state index contributed by atoms with van der Waals surface area (Å²) in [5.74, 6) is 0.474. The minimum Gasteiger partial charge on any atom is -0.352 e. The van der Waals surface area contributed by atoms with E-state index in [1.165, 1.54) is 6.20 Å². The molecule has 2 aliphatic rings. The second-order valence-electron chi connectivity index (χ2n) is 5.48. The van der Waals surface area contributed by atoms with Crippen LogP contribution < -0.4 is 5.32 Å². The number of amides is 1. The molecule has 2 heterocycles. The molecule has 0 aromatic carbocycles. The number of rotatable bonds is 2. The van der Waals surface area contributed by atoms with Gasteiger partial charge in [0.15, 0.2) is 0 Å². The van der Waals surface area contributed by atoms with E-state index in [9.17, 15) is 14.9 Å². The standard InChI is InChI=1S/C14H15N3O3/c1-8-4-9(5-10-6-13(18)16-14(8)10)11-2-3-15-7-12(11)17(19)20/h2-3,5,7-8,10,14H,4,6H2,1H3,(H,16,18). The molecule has 0 spiro atoms. The molecule has 1 saturated heterocycles. The Labute approximate surface area is 116 Å².